The van der Waals surface area contributed by atoms with E-state index >= 15 is 0 Å². The van der Waals surface area contributed by atoms with E-state index < -0.39 is 0 Å². The third-order valence-electron chi connectivity index (χ3n) is 19.4. The Hall–Kier alpha value is -11.4. The molecule has 0 aliphatic carbocycles. The van der Waals surface area contributed by atoms with Gasteiger partial charge < -0.3 is 49.5 Å². The van der Waals surface area contributed by atoms with Crippen LogP contribution in [0.15, 0.2) is 295 Å². The molecule has 7 heterocycles. The molecule has 26 heteroatoms. The molecule has 586 valence electrons. The molecule has 22 nitrogen and oxygen atoms in total. The molecular formula is C88H93N15O7S4. The number of urea groups is 2. The van der Waals surface area contributed by atoms with Gasteiger partial charge in [0, 0.05) is 119 Å². The van der Waals surface area contributed by atoms with Crippen LogP contribution in [0.4, 0.5) is 32.3 Å². The first-order valence-electron chi connectivity index (χ1n) is 38.1. The minimum atomic E-state index is -0.183. The highest BCUT2D eigenvalue weighted by Crippen LogP contribution is 2.36. The maximum Gasteiger partial charge on any atom is 0.322 e. The predicted molar refractivity (Wildman–Crippen MR) is 462 cm³/mol. The molecular weight excluding hydrogens is 1510 g/mol. The van der Waals surface area contributed by atoms with Gasteiger partial charge in [-0.05, 0) is 128 Å². The number of thioether (sulfide) groups is 2. The molecule has 0 bridgehead atoms. The third kappa shape index (κ3) is 21.3. The molecule has 0 radical (unpaired) electrons. The molecule has 3 saturated heterocycles. The Labute approximate surface area is 681 Å². The summed E-state index contributed by atoms with van der Waals surface area (Å²) in [4.78, 5) is 85.8. The highest BCUT2D eigenvalue weighted by molar-refractivity contribution is 7.99. The third-order valence-corrected chi connectivity index (χ3v) is 23.7. The van der Waals surface area contributed by atoms with Crippen LogP contribution in [0, 0.1) is 0 Å². The number of piperazine rings is 3. The van der Waals surface area contributed by atoms with Crippen molar-refractivity contribution in [2.45, 2.75) is 45.3 Å². The fourth-order valence-electron chi connectivity index (χ4n) is 13.3. The first-order chi connectivity index (χ1) is 55.8. The number of carbonyl (C=O) groups is 2. The van der Waals surface area contributed by atoms with Crippen molar-refractivity contribution in [3.63, 3.8) is 0 Å². The number of aromatic nitrogens is 6. The second kappa shape index (κ2) is 40.4. The van der Waals surface area contributed by atoms with Crippen LogP contribution in [0.25, 0.3) is 27.5 Å². The zero-order valence-electron chi connectivity index (χ0n) is 64.4. The van der Waals surface area contributed by atoms with Gasteiger partial charge in [-0.2, -0.15) is 29.3 Å². The molecule has 0 unspecified atom stereocenters. The Morgan fingerprint density at radius 2 is 0.947 bits per heavy atom. The Morgan fingerprint density at radius 3 is 1.45 bits per heavy atom. The first kappa shape index (κ1) is 80.7. The second-order valence-electron chi connectivity index (χ2n) is 27.3. The van der Waals surface area contributed by atoms with Gasteiger partial charge in [0.25, 0.3) is 16.7 Å². The Balaban J connectivity index is 0.000000149. The maximum atomic E-state index is 13.7. The van der Waals surface area contributed by atoms with Crippen LogP contribution < -0.4 is 51.5 Å². The monoisotopic (exact) mass is 1600 g/mol. The Bertz CT molecular complexity index is 5250. The molecule has 15 rings (SSSR count). The van der Waals surface area contributed by atoms with E-state index in [0.29, 0.717) is 98.2 Å². The van der Waals surface area contributed by atoms with Crippen molar-refractivity contribution in [2.75, 3.05) is 139 Å². The van der Waals surface area contributed by atoms with E-state index in [1.165, 1.54) is 53.6 Å². The summed E-state index contributed by atoms with van der Waals surface area (Å²) >= 11 is 6.35. The molecule has 0 saturated carbocycles. The minimum absolute atomic E-state index is 0.0410. The van der Waals surface area contributed by atoms with Crippen molar-refractivity contribution in [2.24, 2.45) is 0 Å². The van der Waals surface area contributed by atoms with E-state index in [2.05, 4.69) is 118 Å². The number of para-hydroxylation sites is 5. The number of methoxy groups -OCH3 is 1. The molecule has 8 aromatic carbocycles. The lowest BCUT2D eigenvalue weighted by atomic mass is 10.1. The largest absolute Gasteiger partial charge is 0.497 e. The number of nitrogens with one attached hydrogen (secondary N) is 2. The van der Waals surface area contributed by atoms with Gasteiger partial charge in [-0.1, -0.05) is 169 Å². The van der Waals surface area contributed by atoms with E-state index in [1.807, 2.05) is 206 Å². The molecule has 0 spiro atoms. The number of anilines is 4. The zero-order chi connectivity index (χ0) is 79.0. The lowest BCUT2D eigenvalue weighted by molar-refractivity contribution is 0.194. The second-order valence-corrected chi connectivity index (χ2v) is 31.4. The van der Waals surface area contributed by atoms with Crippen LogP contribution in [0.1, 0.15) is 23.6 Å². The summed E-state index contributed by atoms with van der Waals surface area (Å²) in [6.45, 7) is 13.0. The van der Waals surface area contributed by atoms with Crippen molar-refractivity contribution < 1.29 is 19.1 Å². The quantitative estimate of drug-likeness (QED) is 0.0540. The standard InChI is InChI=1S/C30H31N5O3S.C29H29N5O3S.C29H33N5OS2/c1-2-38-27-16-10-9-15-25(27)32-30(37)34-19-17-33(18-20-34)26-21-31-35(24-13-7-4-8-14-24)29(36)28(26)39-22-23-11-5-3-6-12-23;1-37-24-12-14-25(15-13-24)38-27-26(21-31-34(28(27)35)23-10-6-3-7-11-23)32-16-18-33(19-17-32)29(36)30-20-22-8-4-2-5-9-22;1-31(2)18-20-37-28-26(21-30-34(29(28)35)25-7-4-3-5-8-25)33-16-14-32(15-17-33)22-23-10-12-24(13-11-23)27-9-6-19-36-27/h3-16,21H,2,17-20,22H2,1H3,(H,32,37);2-15,21H,16-20H2,1H3,(H,30,36);3-13,19,21H,14-18,20,22H2,1-2H3. The molecule has 4 aromatic heterocycles. The van der Waals surface area contributed by atoms with Gasteiger partial charge in [0.15, 0.2) is 0 Å². The fraction of sp³-hybridized carbons (Fsp3) is 0.250. The SMILES string of the molecule is CCOc1ccccc1NC(=O)N1CCN(c2cnn(-c3ccccc3)c(=O)c2SCc2ccccc2)CC1.CN(C)CCSc1c(N2CCN(Cc3ccc(-c4cccs4)cc3)CC2)cnn(-c2ccccc2)c1=O.COc1ccc(Sc2c(N3CCN(C(=O)NCc4ccccc4)CC3)cnn(-c3ccccc3)c2=O)cc1. The summed E-state index contributed by atoms with van der Waals surface area (Å²) in [5, 5.41) is 21.7. The normalized spacial score (nSPS) is 13.6. The summed E-state index contributed by atoms with van der Waals surface area (Å²) in [6.07, 6.45) is 5.41. The lowest BCUT2D eigenvalue weighted by Crippen LogP contribution is -2.52. The van der Waals surface area contributed by atoms with Crippen molar-refractivity contribution in [1.29, 1.82) is 0 Å². The summed E-state index contributed by atoms with van der Waals surface area (Å²) < 4.78 is 15.3. The number of hydrogen-bond donors (Lipinski definition) is 2. The lowest BCUT2D eigenvalue weighted by Gasteiger charge is -2.36. The van der Waals surface area contributed by atoms with Crippen molar-refractivity contribution in [3.05, 3.63) is 308 Å². The number of hydrogen-bond acceptors (Lipinski definition) is 19. The van der Waals surface area contributed by atoms with Crippen LogP contribution in [0.2, 0.25) is 0 Å². The van der Waals surface area contributed by atoms with Crippen molar-refractivity contribution in [3.8, 4) is 39.0 Å². The Morgan fingerprint density at radius 1 is 0.482 bits per heavy atom. The van der Waals surface area contributed by atoms with Gasteiger partial charge in [0.2, 0.25) is 0 Å². The molecule has 12 aromatic rings. The molecule has 3 aliphatic rings. The zero-order valence-corrected chi connectivity index (χ0v) is 67.6. The molecule has 114 heavy (non-hydrogen) atoms. The van der Waals surface area contributed by atoms with Crippen LogP contribution in [-0.2, 0) is 18.8 Å². The van der Waals surface area contributed by atoms with Gasteiger partial charge in [-0.25, -0.2) is 9.59 Å². The van der Waals surface area contributed by atoms with Gasteiger partial charge in [-0.3, -0.25) is 19.3 Å². The first-order valence-corrected chi connectivity index (χ1v) is 41.7. The van der Waals surface area contributed by atoms with Crippen molar-refractivity contribution >= 4 is 81.4 Å². The van der Waals surface area contributed by atoms with E-state index in [4.69, 9.17) is 9.47 Å². The molecule has 2 N–H and O–H groups in total. The highest BCUT2D eigenvalue weighted by Gasteiger charge is 2.29. The number of thiophene rings is 1. The van der Waals surface area contributed by atoms with Gasteiger partial charge in [0.05, 0.1) is 77.0 Å². The van der Waals surface area contributed by atoms with Gasteiger partial charge in [0.1, 0.15) is 21.3 Å². The molecule has 3 fully saturated rings. The maximum absolute atomic E-state index is 13.7. The fourth-order valence-corrected chi connectivity index (χ4v) is 17.2. The molecule has 3 aliphatic heterocycles. The van der Waals surface area contributed by atoms with Crippen LogP contribution in [0.5, 0.6) is 11.5 Å². The Kier molecular flexibility index (Phi) is 28.6. The average Bonchev–Trinajstić information content (AvgIpc) is 0.893. The molecule has 4 amide bonds. The highest BCUT2D eigenvalue weighted by atomic mass is 32.2. The topological polar surface area (TPSA) is 204 Å². The number of amides is 4. The smallest absolute Gasteiger partial charge is 0.322 e. The van der Waals surface area contributed by atoms with Crippen LogP contribution in [0.3, 0.4) is 0 Å². The number of rotatable bonds is 24. The average molecular weight is 1600 g/mol. The van der Waals surface area contributed by atoms with Crippen LogP contribution >= 0.6 is 46.6 Å². The van der Waals surface area contributed by atoms with E-state index in [9.17, 15) is 24.0 Å². The number of nitrogens with zero attached hydrogens (tertiary/aromatic N) is 13. The summed E-state index contributed by atoms with van der Waals surface area (Å²) in [5.74, 6) is 2.93. The number of carbonyl (C=O) groups excluding carboxylic acids is 2. The van der Waals surface area contributed by atoms with Crippen LogP contribution in [-0.4, -0.2) is 180 Å². The minimum Gasteiger partial charge on any atom is -0.497 e. The molecule has 0 atom stereocenters. The van der Waals surface area contributed by atoms with Gasteiger partial charge in [-0.15, -0.1) is 34.9 Å². The number of benzene rings is 8. The summed E-state index contributed by atoms with van der Waals surface area (Å²) in [7, 11) is 5.75. The summed E-state index contributed by atoms with van der Waals surface area (Å²) in [5.41, 5.74) is 9.86. The van der Waals surface area contributed by atoms with Crippen molar-refractivity contribution in [1.82, 2.24) is 54.3 Å². The van der Waals surface area contributed by atoms with E-state index in [0.717, 1.165) is 100 Å². The van der Waals surface area contributed by atoms with E-state index in [-0.39, 0.29) is 28.7 Å². The predicted octanol–water partition coefficient (Wildman–Crippen LogP) is 14.6. The van der Waals surface area contributed by atoms with E-state index in [1.54, 1.807) is 47.5 Å². The van der Waals surface area contributed by atoms with Gasteiger partial charge >= 0.3 is 12.1 Å². The summed E-state index contributed by atoms with van der Waals surface area (Å²) in [6, 6.07) is 76.5. The number of ether oxygens (including phenoxy) is 2.